The molecule has 0 radical (unpaired) electrons. The molecule has 0 fully saturated rings. The molecular formula is C64H53NOS. The third-order valence-corrected chi connectivity index (χ3v) is 15.7. The van der Waals surface area contributed by atoms with Gasteiger partial charge in [0.1, 0.15) is 11.5 Å². The van der Waals surface area contributed by atoms with E-state index in [-0.39, 0.29) is 10.8 Å². The number of anilines is 3. The Balaban J connectivity index is 1.15. The number of nitrogens with zero attached hydrogens (tertiary/aromatic N) is 1. The van der Waals surface area contributed by atoms with E-state index in [1.54, 1.807) is 0 Å². The van der Waals surface area contributed by atoms with Gasteiger partial charge in [0.2, 0.25) is 0 Å². The Bertz CT molecular complexity index is 3270. The molecular weight excluding hydrogens is 831 g/mol. The average molecular weight is 884 g/mol. The maximum absolute atomic E-state index is 6.91. The lowest BCUT2D eigenvalue weighted by Crippen LogP contribution is -2.34. The van der Waals surface area contributed by atoms with Crippen molar-refractivity contribution in [3.05, 3.63) is 268 Å². The molecule has 2 aliphatic heterocycles. The normalized spacial score (nSPS) is 14.7. The van der Waals surface area contributed by atoms with Gasteiger partial charge in [0, 0.05) is 38.0 Å². The van der Waals surface area contributed by atoms with E-state index >= 15 is 0 Å². The maximum atomic E-state index is 6.91. The van der Waals surface area contributed by atoms with Crippen LogP contribution >= 0.6 is 11.8 Å². The lowest BCUT2D eigenvalue weighted by molar-refractivity contribution is 0.434. The van der Waals surface area contributed by atoms with Gasteiger partial charge in [0.25, 0.3) is 0 Å². The first kappa shape index (κ1) is 41.4. The fourth-order valence-electron chi connectivity index (χ4n) is 11.4. The van der Waals surface area contributed by atoms with E-state index in [2.05, 4.69) is 259 Å². The largest absolute Gasteiger partial charge is 0.457 e. The molecule has 9 aromatic carbocycles. The minimum atomic E-state index is -0.655. The van der Waals surface area contributed by atoms with E-state index in [0.717, 1.165) is 39.7 Å². The average Bonchev–Trinajstić information content (AvgIpc) is 3.63. The summed E-state index contributed by atoms with van der Waals surface area (Å²) in [5, 5.41) is 0. The van der Waals surface area contributed by atoms with Crippen LogP contribution in [0.2, 0.25) is 0 Å². The van der Waals surface area contributed by atoms with Crippen molar-refractivity contribution in [1.82, 2.24) is 0 Å². The molecule has 0 saturated heterocycles. The smallest absolute Gasteiger partial charge is 0.132 e. The van der Waals surface area contributed by atoms with E-state index in [1.807, 2.05) is 11.8 Å². The Morgan fingerprint density at radius 1 is 0.358 bits per heavy atom. The van der Waals surface area contributed by atoms with E-state index in [0.29, 0.717) is 0 Å². The van der Waals surface area contributed by atoms with Crippen LogP contribution in [0.5, 0.6) is 11.5 Å². The maximum Gasteiger partial charge on any atom is 0.132 e. The Morgan fingerprint density at radius 2 is 0.836 bits per heavy atom. The highest BCUT2D eigenvalue weighted by Crippen LogP contribution is 2.64. The zero-order chi connectivity index (χ0) is 45.7. The van der Waals surface area contributed by atoms with Gasteiger partial charge in [-0.3, -0.25) is 0 Å². The van der Waals surface area contributed by atoms with Crippen molar-refractivity contribution in [1.29, 1.82) is 0 Å². The van der Waals surface area contributed by atoms with Gasteiger partial charge in [-0.15, -0.1) is 0 Å². The number of benzene rings is 9. The van der Waals surface area contributed by atoms with Crippen LogP contribution in [-0.2, 0) is 21.7 Å². The molecule has 3 aliphatic rings. The molecule has 0 N–H and O–H groups in total. The summed E-state index contributed by atoms with van der Waals surface area (Å²) in [5.41, 5.74) is 17.2. The number of ether oxygens (including phenoxy) is 1. The van der Waals surface area contributed by atoms with Crippen molar-refractivity contribution in [2.75, 3.05) is 4.90 Å². The van der Waals surface area contributed by atoms with Crippen LogP contribution in [0.25, 0.3) is 11.1 Å². The van der Waals surface area contributed by atoms with Gasteiger partial charge in [-0.2, -0.15) is 0 Å². The van der Waals surface area contributed by atoms with Crippen molar-refractivity contribution in [3.63, 3.8) is 0 Å². The highest BCUT2D eigenvalue weighted by Gasteiger charge is 2.51. The van der Waals surface area contributed by atoms with E-state index < -0.39 is 10.8 Å². The van der Waals surface area contributed by atoms with Gasteiger partial charge < -0.3 is 9.64 Å². The monoisotopic (exact) mass is 883 g/mol. The molecule has 2 nitrogen and oxygen atoms in total. The summed E-state index contributed by atoms with van der Waals surface area (Å²) in [6.45, 7) is 14.0. The summed E-state index contributed by atoms with van der Waals surface area (Å²) in [6, 6.07) is 79.2. The van der Waals surface area contributed by atoms with Gasteiger partial charge in [-0.1, -0.05) is 205 Å². The quantitative estimate of drug-likeness (QED) is 0.171. The first-order valence-electron chi connectivity index (χ1n) is 23.6. The molecule has 0 amide bonds. The first-order valence-corrected chi connectivity index (χ1v) is 24.4. The zero-order valence-electron chi connectivity index (χ0n) is 39.0. The van der Waals surface area contributed by atoms with E-state index in [4.69, 9.17) is 4.74 Å². The van der Waals surface area contributed by atoms with Crippen molar-refractivity contribution in [2.24, 2.45) is 0 Å². The second-order valence-corrected chi connectivity index (χ2v) is 21.6. The van der Waals surface area contributed by atoms with Crippen LogP contribution in [0.15, 0.2) is 222 Å². The Morgan fingerprint density at radius 3 is 1.43 bits per heavy atom. The topological polar surface area (TPSA) is 12.5 Å². The second kappa shape index (κ2) is 15.2. The van der Waals surface area contributed by atoms with Crippen molar-refractivity contribution < 1.29 is 4.74 Å². The van der Waals surface area contributed by atoms with Gasteiger partial charge >= 0.3 is 0 Å². The first-order chi connectivity index (χ1) is 32.5. The number of hydrogen-bond donors (Lipinski definition) is 0. The molecule has 0 aromatic heterocycles. The Kier molecular flexibility index (Phi) is 9.41. The van der Waals surface area contributed by atoms with Crippen molar-refractivity contribution in [2.45, 2.75) is 73.0 Å². The fraction of sp³-hybridized carbons (Fsp3) is 0.156. The summed E-state index contributed by atoms with van der Waals surface area (Å²) in [7, 11) is 0. The lowest BCUT2D eigenvalue weighted by atomic mass is 9.63. The van der Waals surface area contributed by atoms with Crippen molar-refractivity contribution >= 4 is 28.8 Å². The molecule has 0 bridgehead atoms. The van der Waals surface area contributed by atoms with Crippen LogP contribution in [0.4, 0.5) is 17.1 Å². The third kappa shape index (κ3) is 6.24. The molecule has 326 valence electrons. The number of rotatable bonds is 5. The summed E-state index contributed by atoms with van der Waals surface area (Å²) in [5.74, 6) is 1.72. The van der Waals surface area contributed by atoms with Crippen molar-refractivity contribution in [3.8, 4) is 22.6 Å². The van der Waals surface area contributed by atoms with E-state index in [1.165, 1.54) is 65.4 Å². The molecule has 0 atom stereocenters. The molecule has 0 unspecified atom stereocenters. The zero-order valence-corrected chi connectivity index (χ0v) is 39.8. The minimum Gasteiger partial charge on any atom is -0.457 e. The summed E-state index contributed by atoms with van der Waals surface area (Å²) < 4.78 is 6.91. The molecule has 2 heterocycles. The number of fused-ring (bicyclic) bond motifs is 11. The molecule has 1 spiro atoms. The predicted molar refractivity (Wildman–Crippen MR) is 278 cm³/mol. The van der Waals surface area contributed by atoms with Crippen LogP contribution < -0.4 is 9.64 Å². The second-order valence-electron chi connectivity index (χ2n) is 20.5. The van der Waals surface area contributed by atoms with Gasteiger partial charge in [-0.25, -0.2) is 0 Å². The van der Waals surface area contributed by atoms with Crippen LogP contribution in [0, 0.1) is 0 Å². The standard InChI is InChI=1S/C64H53NOS/c1-61(2,3)44-30-36-59-55(38-44)64(56-39-45(62(4,5)6)31-37-60(56)67-59)51-27-17-16-26-49(51)50-34-32-47(40-53(50)64)65(46-24-14-9-15-25-46)48-33-35-58-54(41-48)63(42-20-10-7-11-21-42,43-22-12-8-13-23-43)52-28-18-19-29-57(52)66-58/h7-41H,1-6H3. The minimum absolute atomic E-state index is 0.0350. The molecule has 1 aliphatic carbocycles. The summed E-state index contributed by atoms with van der Waals surface area (Å²) in [6.07, 6.45) is 0. The van der Waals surface area contributed by atoms with Crippen LogP contribution in [0.3, 0.4) is 0 Å². The van der Waals surface area contributed by atoms with Crippen LogP contribution in [-0.4, -0.2) is 0 Å². The van der Waals surface area contributed by atoms with Crippen LogP contribution in [0.1, 0.15) is 97.2 Å². The Hall–Kier alpha value is -7.07. The van der Waals surface area contributed by atoms with E-state index in [9.17, 15) is 0 Å². The Labute approximate surface area is 400 Å². The number of hydrogen-bond acceptors (Lipinski definition) is 3. The summed E-state index contributed by atoms with van der Waals surface area (Å²) >= 11 is 1.92. The SMILES string of the molecule is CC(C)(C)c1ccc2c(c1)C1(c3cc(C(C)(C)C)ccc3S2)c2ccccc2-c2ccc(N(c3ccccc3)c3ccc4c(c3)C(c3ccccc3)(c3ccccc3)c3ccccc3O4)cc21. The third-order valence-electron chi connectivity index (χ3n) is 14.6. The lowest BCUT2D eigenvalue weighted by Gasteiger charge is -2.42. The molecule has 3 heteroatoms. The highest BCUT2D eigenvalue weighted by atomic mass is 32.2. The number of para-hydroxylation sites is 2. The van der Waals surface area contributed by atoms with Gasteiger partial charge in [0.05, 0.1) is 10.8 Å². The molecule has 9 aromatic rings. The molecule has 0 saturated carbocycles. The summed E-state index contributed by atoms with van der Waals surface area (Å²) in [4.78, 5) is 5.07. The van der Waals surface area contributed by atoms with Gasteiger partial charge in [0.15, 0.2) is 0 Å². The molecule has 67 heavy (non-hydrogen) atoms. The molecule has 12 rings (SSSR count). The van der Waals surface area contributed by atoms with Gasteiger partial charge in [-0.05, 0) is 127 Å². The predicted octanol–water partition coefficient (Wildman–Crippen LogP) is 17.1. The fourth-order valence-corrected chi connectivity index (χ4v) is 12.5. The highest BCUT2D eigenvalue weighted by molar-refractivity contribution is 7.99.